The summed E-state index contributed by atoms with van der Waals surface area (Å²) in [5.74, 6) is 0.813. The van der Waals surface area contributed by atoms with Gasteiger partial charge >= 0.3 is 0 Å². The van der Waals surface area contributed by atoms with Gasteiger partial charge in [0.05, 0.1) is 33.7 Å². The number of hydrogen-bond donors (Lipinski definition) is 1. The van der Waals surface area contributed by atoms with Crippen molar-refractivity contribution in [2.75, 3.05) is 5.73 Å². The second-order valence-electron chi connectivity index (χ2n) is 6.16. The van der Waals surface area contributed by atoms with Crippen LogP contribution in [0.2, 0.25) is 0 Å². The predicted molar refractivity (Wildman–Crippen MR) is 84.9 cm³/mol. The van der Waals surface area contributed by atoms with E-state index in [-0.39, 0.29) is 16.0 Å². The highest BCUT2D eigenvalue weighted by molar-refractivity contribution is 9.09. The molecule has 0 amide bonds. The smallest absolute Gasteiger partial charge is 0.167 e. The molecular formula is C15H17BrN4O. The summed E-state index contributed by atoms with van der Waals surface area (Å²) < 4.78 is 1.75. The molecule has 2 aromatic heterocycles. The Hall–Kier alpha value is -1.69. The summed E-state index contributed by atoms with van der Waals surface area (Å²) in [6.07, 6.45) is 2.11. The molecule has 2 N–H and O–H groups in total. The van der Waals surface area contributed by atoms with Crippen molar-refractivity contribution in [2.45, 2.75) is 32.0 Å². The van der Waals surface area contributed by atoms with Crippen molar-refractivity contribution in [3.05, 3.63) is 35.3 Å². The van der Waals surface area contributed by atoms with Crippen LogP contribution in [0.15, 0.2) is 18.3 Å². The average molecular weight is 349 g/mol. The molecule has 1 atom stereocenters. The Kier molecular flexibility index (Phi) is 3.16. The van der Waals surface area contributed by atoms with Gasteiger partial charge in [0.1, 0.15) is 0 Å². The minimum atomic E-state index is -0.165. The van der Waals surface area contributed by atoms with Crippen LogP contribution in [0.25, 0.3) is 5.82 Å². The normalized spacial score (nSPS) is 20.4. The third-order valence-corrected chi connectivity index (χ3v) is 5.58. The van der Waals surface area contributed by atoms with Gasteiger partial charge in [-0.3, -0.25) is 4.79 Å². The third kappa shape index (κ3) is 2.18. The topological polar surface area (TPSA) is 73.8 Å². The molecule has 0 saturated carbocycles. The molecule has 2 aromatic rings. The van der Waals surface area contributed by atoms with Crippen LogP contribution in [-0.4, -0.2) is 20.5 Å². The number of nitrogens with two attached hydrogens (primary N) is 1. The highest BCUT2D eigenvalue weighted by Crippen LogP contribution is 2.49. The number of ketones is 1. The lowest BCUT2D eigenvalue weighted by molar-refractivity contribution is 0.0909. The zero-order chi connectivity index (χ0) is 15.4. The average Bonchev–Trinajstić information content (AvgIpc) is 2.74. The Balaban J connectivity index is 2.24. The Labute approximate surface area is 131 Å². The lowest BCUT2D eigenvalue weighted by Crippen LogP contribution is -2.30. The number of anilines is 1. The van der Waals surface area contributed by atoms with E-state index in [1.807, 2.05) is 13.0 Å². The first-order valence-electron chi connectivity index (χ1n) is 6.80. The van der Waals surface area contributed by atoms with Gasteiger partial charge in [0.2, 0.25) is 0 Å². The van der Waals surface area contributed by atoms with Crippen molar-refractivity contribution in [1.82, 2.24) is 14.8 Å². The van der Waals surface area contributed by atoms with Gasteiger partial charge < -0.3 is 5.73 Å². The largest absolute Gasteiger partial charge is 0.397 e. The fraction of sp³-hybridized carbons (Fsp3) is 0.400. The second-order valence-corrected chi connectivity index (χ2v) is 7.07. The Morgan fingerprint density at radius 2 is 2.14 bits per heavy atom. The number of fused-ring (bicyclic) bond motifs is 1. The molecular weight excluding hydrogens is 332 g/mol. The van der Waals surface area contributed by atoms with E-state index in [1.165, 1.54) is 0 Å². The maximum atomic E-state index is 12.5. The first kappa shape index (κ1) is 14.3. The SMILES string of the molecule is Cc1nn(-c2ccc(N)cn2)c2c1C(=O)CC(C)(C)C2Br. The molecule has 21 heavy (non-hydrogen) atoms. The fourth-order valence-electron chi connectivity index (χ4n) is 2.78. The summed E-state index contributed by atoms with van der Waals surface area (Å²) in [5.41, 5.74) is 8.46. The number of rotatable bonds is 1. The molecule has 1 aliphatic carbocycles. The summed E-state index contributed by atoms with van der Waals surface area (Å²) in [6.45, 7) is 6.02. The van der Waals surface area contributed by atoms with Crippen molar-refractivity contribution < 1.29 is 4.79 Å². The van der Waals surface area contributed by atoms with Crippen molar-refractivity contribution in [1.29, 1.82) is 0 Å². The molecule has 0 spiro atoms. The number of halogens is 1. The summed E-state index contributed by atoms with van der Waals surface area (Å²) in [7, 11) is 0. The molecule has 110 valence electrons. The second kappa shape index (κ2) is 4.66. The molecule has 5 nitrogen and oxygen atoms in total. The van der Waals surface area contributed by atoms with E-state index >= 15 is 0 Å². The van der Waals surface area contributed by atoms with Gasteiger partial charge in [-0.25, -0.2) is 9.67 Å². The Morgan fingerprint density at radius 3 is 2.76 bits per heavy atom. The first-order valence-corrected chi connectivity index (χ1v) is 7.71. The van der Waals surface area contributed by atoms with Gasteiger partial charge in [-0.2, -0.15) is 5.10 Å². The maximum Gasteiger partial charge on any atom is 0.167 e. The number of pyridine rings is 1. The number of Topliss-reactive ketones (excluding diaryl/α,β-unsaturated/α-hetero) is 1. The van der Waals surface area contributed by atoms with Crippen molar-refractivity contribution >= 4 is 27.4 Å². The Bertz CT molecular complexity index is 718. The molecule has 0 bridgehead atoms. The monoisotopic (exact) mass is 348 g/mol. The highest BCUT2D eigenvalue weighted by Gasteiger charge is 2.42. The van der Waals surface area contributed by atoms with E-state index < -0.39 is 0 Å². The van der Waals surface area contributed by atoms with Gasteiger partial charge in [0.25, 0.3) is 0 Å². The number of alkyl halides is 1. The predicted octanol–water partition coefficient (Wildman–Crippen LogP) is 3.21. The van der Waals surface area contributed by atoms with Crippen molar-refractivity contribution in [3.63, 3.8) is 0 Å². The number of aryl methyl sites for hydroxylation is 1. The molecule has 1 unspecified atom stereocenters. The van der Waals surface area contributed by atoms with Crippen LogP contribution in [0.3, 0.4) is 0 Å². The number of hydrogen-bond acceptors (Lipinski definition) is 4. The van der Waals surface area contributed by atoms with Gasteiger partial charge in [-0.05, 0) is 24.5 Å². The lowest BCUT2D eigenvalue weighted by atomic mass is 9.75. The number of carbonyl (C=O) groups excluding carboxylic acids is 1. The minimum Gasteiger partial charge on any atom is -0.397 e. The molecule has 0 radical (unpaired) electrons. The summed E-state index contributed by atoms with van der Waals surface area (Å²) in [4.78, 5) is 16.8. The van der Waals surface area contributed by atoms with Crippen LogP contribution in [0.1, 0.15) is 46.8 Å². The number of nitrogen functional groups attached to an aromatic ring is 1. The third-order valence-electron chi connectivity index (χ3n) is 3.91. The standard InChI is InChI=1S/C15H17BrN4O/c1-8-12-10(21)6-15(2,3)14(16)13(12)20(19-8)11-5-4-9(17)7-18-11/h4-5,7,14H,6,17H2,1-3H3. The number of carbonyl (C=O) groups is 1. The molecule has 2 heterocycles. The summed E-state index contributed by atoms with van der Waals surface area (Å²) >= 11 is 3.75. The van der Waals surface area contributed by atoms with E-state index in [2.05, 4.69) is 39.9 Å². The van der Waals surface area contributed by atoms with Gasteiger partial charge in [0.15, 0.2) is 11.6 Å². The molecule has 0 aliphatic heterocycles. The van der Waals surface area contributed by atoms with Gasteiger partial charge in [-0.15, -0.1) is 0 Å². The maximum absolute atomic E-state index is 12.5. The van der Waals surface area contributed by atoms with E-state index in [1.54, 1.807) is 16.9 Å². The Morgan fingerprint density at radius 1 is 1.43 bits per heavy atom. The van der Waals surface area contributed by atoms with Crippen LogP contribution >= 0.6 is 15.9 Å². The van der Waals surface area contributed by atoms with Gasteiger partial charge in [0, 0.05) is 6.42 Å². The number of aromatic nitrogens is 3. The zero-order valence-electron chi connectivity index (χ0n) is 12.2. The minimum absolute atomic E-state index is 0.0400. The molecule has 1 aliphatic rings. The lowest BCUT2D eigenvalue weighted by Gasteiger charge is -2.34. The van der Waals surface area contributed by atoms with Crippen LogP contribution in [0.5, 0.6) is 0 Å². The fourth-order valence-corrected chi connectivity index (χ4v) is 3.37. The molecule has 0 fully saturated rings. The van der Waals surface area contributed by atoms with Crippen molar-refractivity contribution in [3.8, 4) is 5.82 Å². The van der Waals surface area contributed by atoms with Crippen LogP contribution in [0.4, 0.5) is 5.69 Å². The van der Waals surface area contributed by atoms with Crippen LogP contribution in [0, 0.1) is 12.3 Å². The van der Waals surface area contributed by atoms with E-state index in [9.17, 15) is 4.79 Å². The van der Waals surface area contributed by atoms with Crippen LogP contribution in [-0.2, 0) is 0 Å². The van der Waals surface area contributed by atoms with E-state index in [4.69, 9.17) is 5.73 Å². The first-order chi connectivity index (χ1) is 9.81. The van der Waals surface area contributed by atoms with E-state index in [0.29, 0.717) is 17.9 Å². The highest BCUT2D eigenvalue weighted by atomic mass is 79.9. The van der Waals surface area contributed by atoms with Gasteiger partial charge in [-0.1, -0.05) is 29.8 Å². The van der Waals surface area contributed by atoms with Crippen molar-refractivity contribution in [2.24, 2.45) is 5.41 Å². The zero-order valence-corrected chi connectivity index (χ0v) is 13.8. The number of nitrogens with zero attached hydrogens (tertiary/aromatic N) is 3. The summed E-state index contributed by atoms with van der Waals surface area (Å²) in [6, 6.07) is 3.60. The summed E-state index contributed by atoms with van der Waals surface area (Å²) in [5, 5.41) is 4.52. The molecule has 0 aromatic carbocycles. The quantitative estimate of drug-likeness (QED) is 0.803. The molecule has 6 heteroatoms. The molecule has 3 rings (SSSR count). The molecule has 0 saturated heterocycles. The van der Waals surface area contributed by atoms with Crippen LogP contribution < -0.4 is 5.73 Å². The van der Waals surface area contributed by atoms with E-state index in [0.717, 1.165) is 17.0 Å².